The lowest BCUT2D eigenvalue weighted by Crippen LogP contribution is -2.22. The molecule has 0 unspecified atom stereocenters. The van der Waals surface area contributed by atoms with E-state index in [1.54, 1.807) is 23.0 Å². The molecule has 2 aromatic heterocycles. The molecule has 0 atom stereocenters. The predicted octanol–water partition coefficient (Wildman–Crippen LogP) is 3.32. The molecule has 0 bridgehead atoms. The Labute approximate surface area is 158 Å². The van der Waals surface area contributed by atoms with Gasteiger partial charge in [-0.15, -0.1) is 0 Å². The normalized spacial score (nSPS) is 12.8. The van der Waals surface area contributed by atoms with Crippen LogP contribution in [0.2, 0.25) is 0 Å². The second-order valence-electron chi connectivity index (χ2n) is 6.90. The Balaban J connectivity index is 1.32. The van der Waals surface area contributed by atoms with Gasteiger partial charge in [0.15, 0.2) is 5.76 Å². The molecule has 0 radical (unpaired) electrons. The van der Waals surface area contributed by atoms with Crippen molar-refractivity contribution < 1.29 is 13.9 Å². The molecule has 1 N–H and O–H groups in total. The standard InChI is InChI=1S/C21H23N3O3/c1-14-17(12-23-24(14)2)11-22-21(25)20-9-8-19(27-20)13-26-18-7-6-15-4-3-5-16(15)10-18/h6-10,12H,3-5,11,13H2,1-2H3,(H,22,25). The number of benzene rings is 1. The molecule has 1 aliphatic rings. The zero-order chi connectivity index (χ0) is 18.8. The number of amides is 1. The SMILES string of the molecule is Cc1c(CNC(=O)c2ccc(COc3ccc4c(c3)CCC4)o2)cnn1C. The van der Waals surface area contributed by atoms with E-state index in [4.69, 9.17) is 9.15 Å². The zero-order valence-corrected chi connectivity index (χ0v) is 15.6. The van der Waals surface area contributed by atoms with Gasteiger partial charge in [0.1, 0.15) is 18.1 Å². The second kappa shape index (κ2) is 7.31. The van der Waals surface area contributed by atoms with Gasteiger partial charge in [0.05, 0.1) is 6.20 Å². The number of nitrogens with zero attached hydrogens (tertiary/aromatic N) is 2. The Hall–Kier alpha value is -3.02. The molecule has 1 aliphatic carbocycles. The number of nitrogens with one attached hydrogen (secondary N) is 1. The molecule has 140 valence electrons. The third-order valence-corrected chi connectivity index (χ3v) is 5.11. The van der Waals surface area contributed by atoms with Crippen LogP contribution >= 0.6 is 0 Å². The van der Waals surface area contributed by atoms with E-state index in [2.05, 4.69) is 22.5 Å². The van der Waals surface area contributed by atoms with Gasteiger partial charge in [-0.2, -0.15) is 5.10 Å². The van der Waals surface area contributed by atoms with E-state index in [9.17, 15) is 4.79 Å². The third kappa shape index (κ3) is 3.74. The number of ether oxygens (including phenoxy) is 1. The average Bonchev–Trinajstić information content (AvgIpc) is 3.40. The van der Waals surface area contributed by atoms with Crippen molar-refractivity contribution in [2.75, 3.05) is 0 Å². The highest BCUT2D eigenvalue weighted by atomic mass is 16.5. The van der Waals surface area contributed by atoms with Crippen LogP contribution in [0.5, 0.6) is 5.75 Å². The molecular formula is C21H23N3O3. The van der Waals surface area contributed by atoms with E-state index in [1.807, 2.05) is 20.0 Å². The minimum absolute atomic E-state index is 0.248. The van der Waals surface area contributed by atoms with Crippen LogP contribution in [0.25, 0.3) is 0 Å². The van der Waals surface area contributed by atoms with Gasteiger partial charge in [0.25, 0.3) is 5.91 Å². The Morgan fingerprint density at radius 3 is 2.93 bits per heavy atom. The minimum atomic E-state index is -0.248. The summed E-state index contributed by atoms with van der Waals surface area (Å²) < 4.78 is 13.2. The summed E-state index contributed by atoms with van der Waals surface area (Å²) in [6.45, 7) is 2.68. The van der Waals surface area contributed by atoms with Crippen molar-refractivity contribution >= 4 is 5.91 Å². The molecular weight excluding hydrogens is 342 g/mol. The van der Waals surface area contributed by atoms with Crippen LogP contribution < -0.4 is 10.1 Å². The summed E-state index contributed by atoms with van der Waals surface area (Å²) in [7, 11) is 1.88. The summed E-state index contributed by atoms with van der Waals surface area (Å²) in [6, 6.07) is 9.69. The summed E-state index contributed by atoms with van der Waals surface area (Å²) in [4.78, 5) is 12.3. The molecule has 0 saturated carbocycles. The number of carbonyl (C=O) groups is 1. The molecule has 6 heteroatoms. The zero-order valence-electron chi connectivity index (χ0n) is 15.6. The molecule has 1 aromatic carbocycles. The highest BCUT2D eigenvalue weighted by Crippen LogP contribution is 2.26. The third-order valence-electron chi connectivity index (χ3n) is 5.11. The maximum atomic E-state index is 12.3. The summed E-state index contributed by atoms with van der Waals surface area (Å²) in [5.74, 6) is 1.49. The van der Waals surface area contributed by atoms with Gasteiger partial charge in [-0.3, -0.25) is 9.48 Å². The first kappa shape index (κ1) is 17.4. The molecule has 1 amide bonds. The number of hydrogen-bond acceptors (Lipinski definition) is 4. The van der Waals surface area contributed by atoms with Crippen LogP contribution in [-0.4, -0.2) is 15.7 Å². The molecule has 0 saturated heterocycles. The fraction of sp³-hybridized carbons (Fsp3) is 0.333. The van der Waals surface area contributed by atoms with Crippen molar-refractivity contribution in [1.82, 2.24) is 15.1 Å². The molecule has 6 nitrogen and oxygen atoms in total. The van der Waals surface area contributed by atoms with Gasteiger partial charge >= 0.3 is 0 Å². The predicted molar refractivity (Wildman–Crippen MR) is 101 cm³/mol. The Morgan fingerprint density at radius 1 is 1.26 bits per heavy atom. The number of carbonyl (C=O) groups excluding carboxylic acids is 1. The lowest BCUT2D eigenvalue weighted by atomic mass is 10.1. The average molecular weight is 365 g/mol. The topological polar surface area (TPSA) is 69.3 Å². The maximum Gasteiger partial charge on any atom is 0.287 e. The Bertz CT molecular complexity index is 971. The highest BCUT2D eigenvalue weighted by molar-refractivity contribution is 5.91. The molecule has 3 aromatic rings. The van der Waals surface area contributed by atoms with Crippen LogP contribution in [0.15, 0.2) is 40.9 Å². The van der Waals surface area contributed by atoms with E-state index < -0.39 is 0 Å². The fourth-order valence-corrected chi connectivity index (χ4v) is 3.35. The minimum Gasteiger partial charge on any atom is -0.486 e. The van der Waals surface area contributed by atoms with Crippen LogP contribution in [0.4, 0.5) is 0 Å². The first-order valence-electron chi connectivity index (χ1n) is 9.19. The van der Waals surface area contributed by atoms with Crippen molar-refractivity contribution in [2.24, 2.45) is 7.05 Å². The van der Waals surface area contributed by atoms with E-state index >= 15 is 0 Å². The first-order valence-corrected chi connectivity index (χ1v) is 9.19. The molecule has 0 fully saturated rings. The van der Waals surface area contributed by atoms with Gasteiger partial charge in [-0.1, -0.05) is 6.07 Å². The van der Waals surface area contributed by atoms with Crippen LogP contribution in [0.1, 0.15) is 45.1 Å². The molecule has 27 heavy (non-hydrogen) atoms. The van der Waals surface area contributed by atoms with Crippen LogP contribution in [0.3, 0.4) is 0 Å². The van der Waals surface area contributed by atoms with Gasteiger partial charge in [0, 0.05) is 24.8 Å². The summed E-state index contributed by atoms with van der Waals surface area (Å²) in [5, 5.41) is 7.03. The van der Waals surface area contributed by atoms with E-state index in [1.165, 1.54) is 17.5 Å². The Kier molecular flexibility index (Phi) is 4.71. The highest BCUT2D eigenvalue weighted by Gasteiger charge is 2.14. The van der Waals surface area contributed by atoms with Crippen LogP contribution in [0, 0.1) is 6.92 Å². The number of aryl methyl sites for hydroxylation is 3. The van der Waals surface area contributed by atoms with Crippen molar-refractivity contribution in [1.29, 1.82) is 0 Å². The summed E-state index contributed by atoms with van der Waals surface area (Å²) in [6.07, 6.45) is 5.25. The first-order chi connectivity index (χ1) is 13.1. The lowest BCUT2D eigenvalue weighted by molar-refractivity contribution is 0.0919. The van der Waals surface area contributed by atoms with E-state index in [0.29, 0.717) is 18.9 Å². The van der Waals surface area contributed by atoms with Gasteiger partial charge < -0.3 is 14.5 Å². The van der Waals surface area contributed by atoms with Crippen molar-refractivity contribution in [3.8, 4) is 5.75 Å². The molecule has 2 heterocycles. The monoisotopic (exact) mass is 365 g/mol. The van der Waals surface area contributed by atoms with Gasteiger partial charge in [-0.05, 0) is 61.6 Å². The number of fused-ring (bicyclic) bond motifs is 1. The number of furan rings is 1. The quantitative estimate of drug-likeness (QED) is 0.728. The number of rotatable bonds is 6. The molecule has 0 spiro atoms. The smallest absolute Gasteiger partial charge is 0.287 e. The van der Waals surface area contributed by atoms with E-state index in [-0.39, 0.29) is 11.7 Å². The second-order valence-corrected chi connectivity index (χ2v) is 6.90. The number of hydrogen-bond donors (Lipinski definition) is 1. The Morgan fingerprint density at radius 2 is 2.11 bits per heavy atom. The summed E-state index contributed by atoms with van der Waals surface area (Å²) in [5.41, 5.74) is 4.80. The van der Waals surface area contributed by atoms with Crippen molar-refractivity contribution in [2.45, 2.75) is 39.3 Å². The van der Waals surface area contributed by atoms with Crippen molar-refractivity contribution in [3.05, 3.63) is 70.4 Å². The fourth-order valence-electron chi connectivity index (χ4n) is 3.35. The van der Waals surface area contributed by atoms with Gasteiger partial charge in [-0.25, -0.2) is 0 Å². The maximum absolute atomic E-state index is 12.3. The van der Waals surface area contributed by atoms with Crippen molar-refractivity contribution in [3.63, 3.8) is 0 Å². The lowest BCUT2D eigenvalue weighted by Gasteiger charge is -2.07. The molecule has 4 rings (SSSR count). The van der Waals surface area contributed by atoms with E-state index in [0.717, 1.165) is 29.8 Å². The summed E-state index contributed by atoms with van der Waals surface area (Å²) >= 11 is 0. The van der Waals surface area contributed by atoms with Gasteiger partial charge in [0.2, 0.25) is 0 Å². The van der Waals surface area contributed by atoms with Crippen LogP contribution in [-0.2, 0) is 33.0 Å². The number of aromatic nitrogens is 2. The molecule has 0 aliphatic heterocycles. The largest absolute Gasteiger partial charge is 0.486 e.